The Morgan fingerprint density at radius 3 is 2.71 bits per heavy atom. The van der Waals surface area contributed by atoms with E-state index >= 15 is 0 Å². The third-order valence-electron chi connectivity index (χ3n) is 3.02. The number of hydrogen-bond acceptors (Lipinski definition) is 5. The number of ether oxygens (including phenoxy) is 1. The van der Waals surface area contributed by atoms with E-state index in [0.29, 0.717) is 12.3 Å². The van der Waals surface area contributed by atoms with E-state index in [1.54, 1.807) is 23.7 Å². The fraction of sp³-hybridized carbons (Fsp3) is 0.125. The van der Waals surface area contributed by atoms with Crippen LogP contribution in [0.5, 0.6) is 5.75 Å². The molecule has 0 fully saturated rings. The van der Waals surface area contributed by atoms with E-state index in [1.165, 1.54) is 0 Å². The van der Waals surface area contributed by atoms with E-state index in [0.717, 1.165) is 28.4 Å². The van der Waals surface area contributed by atoms with Crippen molar-refractivity contribution >= 4 is 17.0 Å². The van der Waals surface area contributed by atoms with E-state index in [2.05, 4.69) is 15.3 Å². The van der Waals surface area contributed by atoms with Crippen molar-refractivity contribution in [3.8, 4) is 17.0 Å². The molecule has 0 amide bonds. The third-order valence-corrected chi connectivity index (χ3v) is 3.93. The van der Waals surface area contributed by atoms with Crippen LogP contribution in [0.2, 0.25) is 0 Å². The van der Waals surface area contributed by atoms with Gasteiger partial charge in [0, 0.05) is 29.8 Å². The summed E-state index contributed by atoms with van der Waals surface area (Å²) in [6, 6.07) is 11.4. The fourth-order valence-electron chi connectivity index (χ4n) is 1.94. The van der Waals surface area contributed by atoms with Crippen molar-refractivity contribution in [1.82, 2.24) is 9.97 Å². The number of rotatable bonds is 5. The minimum Gasteiger partial charge on any atom is -0.491 e. The predicted octanol–water partition coefficient (Wildman–Crippen LogP) is 3.41. The number of para-hydroxylation sites is 2. The zero-order chi connectivity index (χ0) is 14.5. The second-order valence-corrected chi connectivity index (χ2v) is 5.44. The molecule has 0 unspecified atom stereocenters. The molecule has 0 spiro atoms. The Bertz CT molecular complexity index is 712. The minimum atomic E-state index is 0.567. The summed E-state index contributed by atoms with van der Waals surface area (Å²) in [6.07, 6.45) is 4.31. The van der Waals surface area contributed by atoms with Gasteiger partial charge >= 0.3 is 0 Å². The maximum absolute atomic E-state index is 5.84. The molecule has 2 aromatic heterocycles. The Morgan fingerprint density at radius 2 is 1.90 bits per heavy atom. The van der Waals surface area contributed by atoms with Gasteiger partial charge in [0.25, 0.3) is 0 Å². The number of nitrogens with two attached hydrogens (primary N) is 1. The number of nitrogens with zero attached hydrogens (tertiary/aromatic N) is 2. The quantitative estimate of drug-likeness (QED) is 0.733. The van der Waals surface area contributed by atoms with Crippen molar-refractivity contribution in [1.29, 1.82) is 0 Å². The van der Waals surface area contributed by atoms with E-state index in [-0.39, 0.29) is 0 Å². The Hall–Kier alpha value is -2.40. The normalized spacial score (nSPS) is 10.5. The van der Waals surface area contributed by atoms with Crippen LogP contribution < -0.4 is 10.5 Å². The van der Waals surface area contributed by atoms with Gasteiger partial charge in [0.1, 0.15) is 5.75 Å². The van der Waals surface area contributed by atoms with Gasteiger partial charge in [-0.3, -0.25) is 4.98 Å². The molecule has 0 aliphatic carbocycles. The highest BCUT2D eigenvalue weighted by Gasteiger charge is 2.05. The maximum Gasteiger partial charge on any atom is 0.142 e. The van der Waals surface area contributed by atoms with E-state index in [9.17, 15) is 0 Å². The lowest BCUT2D eigenvalue weighted by Crippen LogP contribution is -2.03. The van der Waals surface area contributed by atoms with Crippen LogP contribution in [0.25, 0.3) is 11.3 Å². The smallest absolute Gasteiger partial charge is 0.142 e. The van der Waals surface area contributed by atoms with Crippen LogP contribution in [0.4, 0.5) is 5.69 Å². The molecule has 2 heterocycles. The van der Waals surface area contributed by atoms with Crippen LogP contribution >= 0.6 is 11.3 Å². The number of pyridine rings is 1. The molecule has 0 saturated carbocycles. The van der Waals surface area contributed by atoms with Crippen LogP contribution in [0.1, 0.15) is 5.01 Å². The largest absolute Gasteiger partial charge is 0.491 e. The molecule has 3 aromatic rings. The van der Waals surface area contributed by atoms with Gasteiger partial charge in [-0.2, -0.15) is 0 Å². The lowest BCUT2D eigenvalue weighted by atomic mass is 10.2. The first kappa shape index (κ1) is 13.6. The molecule has 0 aliphatic heterocycles. The van der Waals surface area contributed by atoms with Crippen LogP contribution in [0.3, 0.4) is 0 Å². The first-order valence-corrected chi connectivity index (χ1v) is 7.53. The van der Waals surface area contributed by atoms with Crippen molar-refractivity contribution in [2.45, 2.75) is 6.42 Å². The molecule has 106 valence electrons. The average molecular weight is 297 g/mol. The van der Waals surface area contributed by atoms with Gasteiger partial charge in [-0.05, 0) is 24.3 Å². The summed E-state index contributed by atoms with van der Waals surface area (Å²) < 4.78 is 5.69. The topological polar surface area (TPSA) is 61.0 Å². The molecule has 2 N–H and O–H groups in total. The number of anilines is 1. The van der Waals surface area contributed by atoms with E-state index in [1.807, 2.05) is 36.4 Å². The van der Waals surface area contributed by atoms with Gasteiger partial charge in [-0.25, -0.2) is 4.98 Å². The number of hydrogen-bond donors (Lipinski definition) is 1. The van der Waals surface area contributed by atoms with Gasteiger partial charge in [-0.1, -0.05) is 12.1 Å². The highest BCUT2D eigenvalue weighted by Crippen LogP contribution is 2.23. The summed E-state index contributed by atoms with van der Waals surface area (Å²) in [7, 11) is 0. The summed E-state index contributed by atoms with van der Waals surface area (Å²) in [5.74, 6) is 0.725. The van der Waals surface area contributed by atoms with Crippen LogP contribution in [-0.4, -0.2) is 16.6 Å². The Morgan fingerprint density at radius 1 is 1.10 bits per heavy atom. The van der Waals surface area contributed by atoms with Gasteiger partial charge < -0.3 is 10.5 Å². The lowest BCUT2D eigenvalue weighted by Gasteiger charge is -2.07. The summed E-state index contributed by atoms with van der Waals surface area (Å²) >= 11 is 1.64. The molecule has 3 rings (SSSR count). The Labute approximate surface area is 127 Å². The summed E-state index contributed by atoms with van der Waals surface area (Å²) in [4.78, 5) is 8.63. The number of benzene rings is 1. The first-order valence-electron chi connectivity index (χ1n) is 6.65. The molecule has 4 nitrogen and oxygen atoms in total. The highest BCUT2D eigenvalue weighted by atomic mass is 32.1. The maximum atomic E-state index is 5.84. The molecule has 0 bridgehead atoms. The van der Waals surface area contributed by atoms with Crippen LogP contribution in [0.15, 0.2) is 54.2 Å². The van der Waals surface area contributed by atoms with Crippen molar-refractivity contribution in [2.75, 3.05) is 12.3 Å². The summed E-state index contributed by atoms with van der Waals surface area (Å²) in [5, 5.41) is 3.11. The second kappa shape index (κ2) is 6.37. The van der Waals surface area contributed by atoms with Crippen molar-refractivity contribution in [3.63, 3.8) is 0 Å². The summed E-state index contributed by atoms with van der Waals surface area (Å²) in [6.45, 7) is 0.567. The van der Waals surface area contributed by atoms with Crippen molar-refractivity contribution in [2.24, 2.45) is 0 Å². The SMILES string of the molecule is Nc1ccccc1OCCc1nc(-c2ccncc2)cs1. The van der Waals surface area contributed by atoms with Crippen LogP contribution in [0, 0.1) is 0 Å². The number of aromatic nitrogens is 2. The molecule has 0 saturated heterocycles. The highest BCUT2D eigenvalue weighted by molar-refractivity contribution is 7.09. The molecule has 21 heavy (non-hydrogen) atoms. The van der Waals surface area contributed by atoms with Gasteiger partial charge in [0.2, 0.25) is 0 Å². The van der Waals surface area contributed by atoms with Crippen LogP contribution in [-0.2, 0) is 6.42 Å². The van der Waals surface area contributed by atoms with E-state index in [4.69, 9.17) is 10.5 Å². The molecule has 0 radical (unpaired) electrons. The minimum absolute atomic E-state index is 0.567. The molecule has 5 heteroatoms. The molecular weight excluding hydrogens is 282 g/mol. The zero-order valence-corrected chi connectivity index (χ0v) is 12.2. The first-order chi connectivity index (χ1) is 10.3. The standard InChI is InChI=1S/C16H15N3OS/c17-13-3-1-2-4-15(13)20-10-7-16-19-14(11-21-16)12-5-8-18-9-6-12/h1-6,8-9,11H,7,10,17H2. The Balaban J connectivity index is 1.60. The van der Waals surface area contributed by atoms with Crippen molar-refractivity contribution in [3.05, 3.63) is 59.2 Å². The van der Waals surface area contributed by atoms with E-state index < -0.39 is 0 Å². The molecule has 0 atom stereocenters. The number of nitrogen functional groups attached to an aromatic ring is 1. The summed E-state index contributed by atoms with van der Waals surface area (Å²) in [5.41, 5.74) is 8.56. The Kier molecular flexibility index (Phi) is 4.12. The predicted molar refractivity (Wildman–Crippen MR) is 85.4 cm³/mol. The van der Waals surface area contributed by atoms with Crippen molar-refractivity contribution < 1.29 is 4.74 Å². The second-order valence-electron chi connectivity index (χ2n) is 4.50. The number of thiazole rings is 1. The lowest BCUT2D eigenvalue weighted by molar-refractivity contribution is 0.323. The zero-order valence-electron chi connectivity index (χ0n) is 11.4. The molecule has 1 aromatic carbocycles. The fourth-order valence-corrected chi connectivity index (χ4v) is 2.73. The average Bonchev–Trinajstić information content (AvgIpc) is 2.99. The third kappa shape index (κ3) is 3.38. The molecular formula is C16H15N3OS. The van der Waals surface area contributed by atoms with Gasteiger partial charge in [0.15, 0.2) is 0 Å². The monoisotopic (exact) mass is 297 g/mol. The van der Waals surface area contributed by atoms with Gasteiger partial charge in [-0.15, -0.1) is 11.3 Å². The molecule has 0 aliphatic rings. The van der Waals surface area contributed by atoms with Gasteiger partial charge in [0.05, 0.1) is 23.0 Å².